The molecule has 2 aromatic rings. The molecular formula is C13H8Cl2N2O3S. The molecule has 0 aliphatic rings. The highest BCUT2D eigenvalue weighted by Gasteiger charge is 2.13. The summed E-state index contributed by atoms with van der Waals surface area (Å²) in [5.41, 5.74) is 0.860. The van der Waals surface area contributed by atoms with E-state index < -0.39 is 9.05 Å². The number of pyridine rings is 1. The minimum atomic E-state index is -3.84. The van der Waals surface area contributed by atoms with Crippen molar-refractivity contribution in [3.8, 4) is 11.8 Å². The van der Waals surface area contributed by atoms with E-state index in [0.717, 1.165) is 0 Å². The quantitative estimate of drug-likeness (QED) is 0.797. The van der Waals surface area contributed by atoms with E-state index in [0.29, 0.717) is 5.56 Å². The van der Waals surface area contributed by atoms with Crippen LogP contribution in [0.1, 0.15) is 11.3 Å². The normalized spacial score (nSPS) is 10.9. The molecule has 1 aromatic carbocycles. The molecule has 0 spiro atoms. The monoisotopic (exact) mass is 342 g/mol. The average Bonchev–Trinajstić information content (AvgIpc) is 2.45. The molecule has 0 atom stereocenters. The number of ether oxygens (including phenoxy) is 1. The van der Waals surface area contributed by atoms with Gasteiger partial charge in [0, 0.05) is 22.4 Å². The standard InChI is InChI=1S/C13H8Cl2N2O3S/c14-11-6-10(21(15,18)19)3-4-13(11)20-8-9-2-1-5-17-12(9)7-16/h1-6H,8H2. The molecule has 1 aromatic heterocycles. The van der Waals surface area contributed by atoms with Crippen LogP contribution in [0, 0.1) is 11.3 Å². The fourth-order valence-electron chi connectivity index (χ4n) is 1.56. The van der Waals surface area contributed by atoms with E-state index in [1.54, 1.807) is 12.1 Å². The van der Waals surface area contributed by atoms with Crippen LogP contribution in [0.2, 0.25) is 5.02 Å². The van der Waals surface area contributed by atoms with E-state index in [2.05, 4.69) is 4.98 Å². The van der Waals surface area contributed by atoms with Crippen molar-refractivity contribution in [1.82, 2.24) is 4.98 Å². The Morgan fingerprint density at radius 2 is 2.10 bits per heavy atom. The Hall–Kier alpha value is -1.81. The predicted molar refractivity (Wildman–Crippen MR) is 77.8 cm³/mol. The number of halogens is 2. The number of benzene rings is 1. The van der Waals surface area contributed by atoms with Crippen molar-refractivity contribution in [3.63, 3.8) is 0 Å². The van der Waals surface area contributed by atoms with Gasteiger partial charge in [0.2, 0.25) is 0 Å². The van der Waals surface area contributed by atoms with Crippen molar-refractivity contribution in [1.29, 1.82) is 5.26 Å². The molecule has 0 N–H and O–H groups in total. The van der Waals surface area contributed by atoms with E-state index in [4.69, 9.17) is 32.3 Å². The predicted octanol–water partition coefficient (Wildman–Crippen LogP) is 3.11. The second-order valence-corrected chi connectivity index (χ2v) is 6.91. The Balaban J connectivity index is 2.20. The molecule has 5 nitrogen and oxygen atoms in total. The van der Waals surface area contributed by atoms with Gasteiger partial charge in [-0.25, -0.2) is 13.4 Å². The minimum absolute atomic E-state index is 0.0867. The van der Waals surface area contributed by atoms with Gasteiger partial charge in [-0.2, -0.15) is 5.26 Å². The van der Waals surface area contributed by atoms with Crippen molar-refractivity contribution < 1.29 is 13.2 Å². The molecule has 0 unspecified atom stereocenters. The summed E-state index contributed by atoms with van der Waals surface area (Å²) in [6.07, 6.45) is 1.51. The topological polar surface area (TPSA) is 80.0 Å². The van der Waals surface area contributed by atoms with Crippen LogP contribution in [0.25, 0.3) is 0 Å². The van der Waals surface area contributed by atoms with Crippen LogP contribution in [-0.4, -0.2) is 13.4 Å². The van der Waals surface area contributed by atoms with Crippen molar-refractivity contribution in [3.05, 3.63) is 52.8 Å². The number of rotatable bonds is 4. The first kappa shape index (κ1) is 15.6. The van der Waals surface area contributed by atoms with Gasteiger partial charge >= 0.3 is 0 Å². The molecule has 0 bridgehead atoms. The first-order valence-electron chi connectivity index (χ1n) is 5.63. The van der Waals surface area contributed by atoms with Gasteiger partial charge in [0.25, 0.3) is 9.05 Å². The average molecular weight is 343 g/mol. The minimum Gasteiger partial charge on any atom is -0.487 e. The summed E-state index contributed by atoms with van der Waals surface area (Å²) < 4.78 is 27.8. The highest BCUT2D eigenvalue weighted by molar-refractivity contribution is 8.13. The van der Waals surface area contributed by atoms with E-state index in [1.165, 1.54) is 24.4 Å². The molecule has 0 fully saturated rings. The maximum atomic E-state index is 11.2. The van der Waals surface area contributed by atoms with Gasteiger partial charge in [-0.05, 0) is 24.3 Å². The Kier molecular flexibility index (Phi) is 4.68. The lowest BCUT2D eigenvalue weighted by atomic mass is 10.2. The lowest BCUT2D eigenvalue weighted by molar-refractivity contribution is 0.305. The number of hydrogen-bond donors (Lipinski definition) is 0. The fourth-order valence-corrected chi connectivity index (χ4v) is 2.64. The zero-order valence-corrected chi connectivity index (χ0v) is 12.8. The third-order valence-corrected chi connectivity index (χ3v) is 4.21. The van der Waals surface area contributed by atoms with E-state index >= 15 is 0 Å². The Labute approximate surface area is 131 Å². The molecule has 108 valence electrons. The Bertz CT molecular complexity index is 816. The molecule has 0 aliphatic carbocycles. The lowest BCUT2D eigenvalue weighted by Crippen LogP contribution is -2.00. The summed E-state index contributed by atoms with van der Waals surface area (Å²) in [6, 6.07) is 9.24. The van der Waals surface area contributed by atoms with Crippen LogP contribution < -0.4 is 4.74 Å². The summed E-state index contributed by atoms with van der Waals surface area (Å²) in [5.74, 6) is 0.286. The number of aromatic nitrogens is 1. The van der Waals surface area contributed by atoms with E-state index in [9.17, 15) is 8.42 Å². The van der Waals surface area contributed by atoms with Crippen molar-refractivity contribution in [2.24, 2.45) is 0 Å². The third-order valence-electron chi connectivity index (χ3n) is 2.57. The summed E-state index contributed by atoms with van der Waals surface area (Å²) in [6.45, 7) is 0.0867. The molecular weight excluding hydrogens is 335 g/mol. The maximum absolute atomic E-state index is 11.2. The van der Waals surface area contributed by atoms with Gasteiger partial charge in [-0.15, -0.1) is 0 Å². The highest BCUT2D eigenvalue weighted by Crippen LogP contribution is 2.29. The summed E-state index contributed by atoms with van der Waals surface area (Å²) >= 11 is 5.95. The molecule has 1 heterocycles. The van der Waals surface area contributed by atoms with Crippen LogP contribution in [0.4, 0.5) is 0 Å². The third kappa shape index (κ3) is 3.85. The first-order chi connectivity index (χ1) is 9.91. The van der Waals surface area contributed by atoms with Crippen LogP contribution in [0.3, 0.4) is 0 Å². The second kappa shape index (κ2) is 6.31. The molecule has 0 saturated heterocycles. The summed E-state index contributed by atoms with van der Waals surface area (Å²) in [5, 5.41) is 9.03. The fraction of sp³-hybridized carbons (Fsp3) is 0.0769. The first-order valence-corrected chi connectivity index (χ1v) is 8.31. The van der Waals surface area contributed by atoms with Gasteiger partial charge in [-0.1, -0.05) is 17.7 Å². The van der Waals surface area contributed by atoms with Crippen LogP contribution in [0.15, 0.2) is 41.4 Å². The van der Waals surface area contributed by atoms with Crippen LogP contribution >= 0.6 is 22.3 Å². The van der Waals surface area contributed by atoms with E-state index in [-0.39, 0.29) is 28.0 Å². The molecule has 0 aliphatic heterocycles. The Morgan fingerprint density at radius 1 is 1.33 bits per heavy atom. The smallest absolute Gasteiger partial charge is 0.261 e. The van der Waals surface area contributed by atoms with Crippen LogP contribution in [-0.2, 0) is 15.7 Å². The van der Waals surface area contributed by atoms with Crippen molar-refractivity contribution >= 4 is 31.3 Å². The summed E-state index contributed by atoms with van der Waals surface area (Å²) in [4.78, 5) is 3.80. The molecule has 8 heteroatoms. The SMILES string of the molecule is N#Cc1ncccc1COc1ccc(S(=O)(=O)Cl)cc1Cl. The number of nitrogens with zero attached hydrogens (tertiary/aromatic N) is 2. The number of nitriles is 1. The van der Waals surface area contributed by atoms with Crippen molar-refractivity contribution in [2.45, 2.75) is 11.5 Å². The van der Waals surface area contributed by atoms with Gasteiger partial charge in [0.05, 0.1) is 9.92 Å². The molecule has 2 rings (SSSR count). The Morgan fingerprint density at radius 3 is 2.71 bits per heavy atom. The second-order valence-electron chi connectivity index (χ2n) is 3.94. The molecule has 0 saturated carbocycles. The van der Waals surface area contributed by atoms with E-state index in [1.807, 2.05) is 6.07 Å². The van der Waals surface area contributed by atoms with Crippen molar-refractivity contribution in [2.75, 3.05) is 0 Å². The highest BCUT2D eigenvalue weighted by atomic mass is 35.7. The molecule has 0 radical (unpaired) electrons. The number of hydrogen-bond acceptors (Lipinski definition) is 5. The van der Waals surface area contributed by atoms with Crippen LogP contribution in [0.5, 0.6) is 5.75 Å². The maximum Gasteiger partial charge on any atom is 0.261 e. The molecule has 21 heavy (non-hydrogen) atoms. The molecule has 0 amide bonds. The largest absolute Gasteiger partial charge is 0.487 e. The van der Waals surface area contributed by atoms with Gasteiger partial charge in [0.15, 0.2) is 0 Å². The zero-order chi connectivity index (χ0) is 15.5. The summed E-state index contributed by atoms with van der Waals surface area (Å²) in [7, 11) is 1.38. The van der Waals surface area contributed by atoms with Gasteiger partial charge in [0.1, 0.15) is 24.1 Å². The van der Waals surface area contributed by atoms with Gasteiger partial charge < -0.3 is 4.74 Å². The van der Waals surface area contributed by atoms with Gasteiger partial charge in [-0.3, -0.25) is 0 Å². The lowest BCUT2D eigenvalue weighted by Gasteiger charge is -2.09. The zero-order valence-electron chi connectivity index (χ0n) is 10.5.